The van der Waals surface area contributed by atoms with E-state index in [0.29, 0.717) is 0 Å². The van der Waals surface area contributed by atoms with Crippen LogP contribution in [0.4, 0.5) is 0 Å². The minimum atomic E-state index is 0.869. The third kappa shape index (κ3) is 5.53. The van der Waals surface area contributed by atoms with Gasteiger partial charge in [0.15, 0.2) is 0 Å². The van der Waals surface area contributed by atoms with Crippen LogP contribution in [0.25, 0.3) is 0 Å². The first-order valence-electron chi connectivity index (χ1n) is 6.48. The van der Waals surface area contributed by atoms with Crippen LogP contribution in [0.3, 0.4) is 0 Å². The molecule has 1 atom stereocenters. The zero-order chi connectivity index (χ0) is 10.9. The molecule has 0 aromatic carbocycles. The van der Waals surface area contributed by atoms with Crippen molar-refractivity contribution in [1.82, 2.24) is 4.90 Å². The molecule has 0 aromatic heterocycles. The van der Waals surface area contributed by atoms with Crippen LogP contribution in [0.5, 0.6) is 0 Å². The average Bonchev–Trinajstić information content (AvgIpc) is 2.28. The molecule has 1 radical (unpaired) electrons. The summed E-state index contributed by atoms with van der Waals surface area (Å²) in [5.74, 6) is 0.869. The molecule has 0 aromatic rings. The quantitative estimate of drug-likeness (QED) is 0.643. The Morgan fingerprint density at radius 1 is 1.27 bits per heavy atom. The lowest BCUT2D eigenvalue weighted by Gasteiger charge is -2.30. The Balaban J connectivity index is 2.21. The second-order valence-electron chi connectivity index (χ2n) is 4.50. The third-order valence-electron chi connectivity index (χ3n) is 3.11. The minimum absolute atomic E-state index is 0.869. The lowest BCUT2D eigenvalue weighted by molar-refractivity contribution is 0.0299. The monoisotopic (exact) mass is 212 g/mol. The lowest BCUT2D eigenvalue weighted by Crippen LogP contribution is -2.39. The summed E-state index contributed by atoms with van der Waals surface area (Å²) in [5.41, 5.74) is 0. The zero-order valence-electron chi connectivity index (χ0n) is 10.4. The summed E-state index contributed by atoms with van der Waals surface area (Å²) in [4.78, 5) is 2.56. The number of morpholine rings is 1. The Morgan fingerprint density at radius 2 is 2.00 bits per heavy atom. The number of hydrogen-bond acceptors (Lipinski definition) is 2. The molecule has 1 fully saturated rings. The molecular formula is C13H26NO. The van der Waals surface area contributed by atoms with Gasteiger partial charge in [0.1, 0.15) is 0 Å². The molecule has 2 heteroatoms. The van der Waals surface area contributed by atoms with Crippen LogP contribution in [0.2, 0.25) is 0 Å². The molecule has 0 aliphatic carbocycles. The number of nitrogens with zero attached hydrogens (tertiary/aromatic N) is 1. The van der Waals surface area contributed by atoms with Crippen molar-refractivity contribution in [1.29, 1.82) is 0 Å². The van der Waals surface area contributed by atoms with Gasteiger partial charge in [-0.3, -0.25) is 4.90 Å². The molecule has 1 saturated heterocycles. The fourth-order valence-electron chi connectivity index (χ4n) is 2.24. The van der Waals surface area contributed by atoms with E-state index in [1.165, 1.54) is 32.2 Å². The summed E-state index contributed by atoms with van der Waals surface area (Å²) < 4.78 is 5.37. The zero-order valence-corrected chi connectivity index (χ0v) is 10.4. The van der Waals surface area contributed by atoms with Crippen molar-refractivity contribution in [3.05, 3.63) is 6.42 Å². The largest absolute Gasteiger partial charge is 0.379 e. The van der Waals surface area contributed by atoms with E-state index in [4.69, 9.17) is 4.74 Å². The maximum atomic E-state index is 5.37. The van der Waals surface area contributed by atoms with Crippen LogP contribution in [-0.2, 0) is 4.74 Å². The van der Waals surface area contributed by atoms with E-state index in [9.17, 15) is 0 Å². The van der Waals surface area contributed by atoms with Gasteiger partial charge in [-0.15, -0.1) is 0 Å². The smallest absolute Gasteiger partial charge is 0.0594 e. The van der Waals surface area contributed by atoms with Gasteiger partial charge >= 0.3 is 0 Å². The molecule has 0 bridgehead atoms. The fourth-order valence-corrected chi connectivity index (χ4v) is 2.24. The van der Waals surface area contributed by atoms with Crippen LogP contribution >= 0.6 is 0 Å². The Kier molecular flexibility index (Phi) is 7.03. The number of ether oxygens (including phenoxy) is 1. The third-order valence-corrected chi connectivity index (χ3v) is 3.11. The highest BCUT2D eigenvalue weighted by atomic mass is 16.5. The van der Waals surface area contributed by atoms with Gasteiger partial charge in [-0.25, -0.2) is 0 Å². The first-order valence-corrected chi connectivity index (χ1v) is 6.48. The van der Waals surface area contributed by atoms with Crippen molar-refractivity contribution >= 4 is 0 Å². The lowest BCUT2D eigenvalue weighted by atomic mass is 9.96. The molecule has 2 nitrogen and oxygen atoms in total. The second kappa shape index (κ2) is 8.12. The Bertz CT molecular complexity index is 143. The molecule has 1 aliphatic rings. The van der Waals surface area contributed by atoms with Gasteiger partial charge in [-0.05, 0) is 25.2 Å². The van der Waals surface area contributed by atoms with Crippen molar-refractivity contribution in [3.63, 3.8) is 0 Å². The van der Waals surface area contributed by atoms with Crippen molar-refractivity contribution < 1.29 is 4.74 Å². The van der Waals surface area contributed by atoms with E-state index in [1.54, 1.807) is 0 Å². The van der Waals surface area contributed by atoms with Gasteiger partial charge in [0.2, 0.25) is 0 Å². The number of hydrogen-bond donors (Lipinski definition) is 0. The van der Waals surface area contributed by atoms with Crippen molar-refractivity contribution in [2.75, 3.05) is 32.8 Å². The summed E-state index contributed by atoms with van der Waals surface area (Å²) in [6.07, 6.45) is 7.62. The predicted molar refractivity (Wildman–Crippen MR) is 64.9 cm³/mol. The predicted octanol–water partition coefficient (Wildman–Crippen LogP) is 2.74. The molecule has 1 rings (SSSR count). The van der Waals surface area contributed by atoms with Gasteiger partial charge in [-0.1, -0.05) is 26.7 Å². The molecule has 1 unspecified atom stereocenters. The Labute approximate surface area is 95.0 Å². The fraction of sp³-hybridized carbons (Fsp3) is 0.923. The highest BCUT2D eigenvalue weighted by molar-refractivity contribution is 4.74. The van der Waals surface area contributed by atoms with E-state index in [0.717, 1.165) is 32.2 Å². The van der Waals surface area contributed by atoms with Crippen LogP contribution < -0.4 is 0 Å². The first kappa shape index (κ1) is 13.0. The standard InChI is InChI=1S/C13H26NO/c1-3-5-7-13(6-4-2)12-14-8-10-15-11-9-14/h5,13H,3-4,6-12H2,1-2H3. The maximum absolute atomic E-state index is 5.37. The molecule has 89 valence electrons. The molecule has 15 heavy (non-hydrogen) atoms. The van der Waals surface area contributed by atoms with Gasteiger partial charge in [0, 0.05) is 19.6 Å². The van der Waals surface area contributed by atoms with Gasteiger partial charge in [-0.2, -0.15) is 0 Å². The SMILES string of the molecule is CC[CH]CC(CCC)CN1CCOCC1. The van der Waals surface area contributed by atoms with E-state index in [2.05, 4.69) is 25.2 Å². The van der Waals surface area contributed by atoms with Crippen LogP contribution in [0, 0.1) is 12.3 Å². The Morgan fingerprint density at radius 3 is 2.60 bits per heavy atom. The van der Waals surface area contributed by atoms with E-state index in [-0.39, 0.29) is 0 Å². The van der Waals surface area contributed by atoms with Gasteiger partial charge < -0.3 is 4.74 Å². The topological polar surface area (TPSA) is 12.5 Å². The number of unbranched alkanes of at least 4 members (excludes halogenated alkanes) is 1. The van der Waals surface area contributed by atoms with Gasteiger partial charge in [0.05, 0.1) is 13.2 Å². The summed E-state index contributed by atoms with van der Waals surface area (Å²) in [6, 6.07) is 0. The Hall–Kier alpha value is -0.0800. The average molecular weight is 212 g/mol. The van der Waals surface area contributed by atoms with Crippen molar-refractivity contribution in [2.45, 2.75) is 39.5 Å². The maximum Gasteiger partial charge on any atom is 0.0594 e. The molecule has 0 N–H and O–H groups in total. The molecular weight excluding hydrogens is 186 g/mol. The van der Waals surface area contributed by atoms with Crippen LogP contribution in [0.1, 0.15) is 39.5 Å². The minimum Gasteiger partial charge on any atom is -0.379 e. The molecule has 0 saturated carbocycles. The number of rotatable bonds is 7. The van der Waals surface area contributed by atoms with Crippen molar-refractivity contribution in [2.24, 2.45) is 5.92 Å². The summed E-state index contributed by atoms with van der Waals surface area (Å²) in [7, 11) is 0. The van der Waals surface area contributed by atoms with Crippen molar-refractivity contribution in [3.8, 4) is 0 Å². The van der Waals surface area contributed by atoms with E-state index in [1.807, 2.05) is 0 Å². The van der Waals surface area contributed by atoms with Crippen LogP contribution in [-0.4, -0.2) is 37.7 Å². The summed E-state index contributed by atoms with van der Waals surface area (Å²) >= 11 is 0. The normalized spacial score (nSPS) is 20.4. The molecule has 0 spiro atoms. The second-order valence-corrected chi connectivity index (χ2v) is 4.50. The van der Waals surface area contributed by atoms with Gasteiger partial charge in [0.25, 0.3) is 0 Å². The molecule has 0 amide bonds. The first-order chi connectivity index (χ1) is 7.36. The highest BCUT2D eigenvalue weighted by Crippen LogP contribution is 2.16. The van der Waals surface area contributed by atoms with E-state index >= 15 is 0 Å². The van der Waals surface area contributed by atoms with E-state index < -0.39 is 0 Å². The highest BCUT2D eigenvalue weighted by Gasteiger charge is 2.15. The van der Waals surface area contributed by atoms with Crippen LogP contribution in [0.15, 0.2) is 0 Å². The summed E-state index contributed by atoms with van der Waals surface area (Å²) in [6.45, 7) is 9.91. The molecule has 1 aliphatic heterocycles. The summed E-state index contributed by atoms with van der Waals surface area (Å²) in [5, 5.41) is 0. The molecule has 1 heterocycles.